The third-order valence-corrected chi connectivity index (χ3v) is 4.44. The van der Waals surface area contributed by atoms with Crippen LogP contribution in [0.5, 0.6) is 0 Å². The molecule has 0 spiro atoms. The fourth-order valence-electron chi connectivity index (χ4n) is 3.21. The molecule has 2 atom stereocenters. The highest BCUT2D eigenvalue weighted by atomic mass is 79.9. The van der Waals surface area contributed by atoms with Crippen LogP contribution in [0.3, 0.4) is 0 Å². The molecule has 1 aromatic rings. The summed E-state index contributed by atoms with van der Waals surface area (Å²) in [6.07, 6.45) is 5.09. The number of benzene rings is 1. The minimum Gasteiger partial charge on any atom is -0.365 e. The minimum absolute atomic E-state index is 0.441. The van der Waals surface area contributed by atoms with Crippen LogP contribution < -0.4 is 4.90 Å². The molecule has 0 saturated carbocycles. The number of Topliss-reactive ketones (excluding diaryl/α,β-unsaturated/α-hetero) is 1. The number of ketones is 1. The Labute approximate surface area is 110 Å². The highest BCUT2D eigenvalue weighted by Crippen LogP contribution is 2.36. The first-order chi connectivity index (χ1) is 8.24. The summed E-state index contributed by atoms with van der Waals surface area (Å²) in [5.41, 5.74) is 1.27. The first-order valence-corrected chi connectivity index (χ1v) is 7.09. The average Bonchev–Trinajstić information content (AvgIpc) is 2.29. The van der Waals surface area contributed by atoms with E-state index in [1.54, 1.807) is 0 Å². The zero-order valence-corrected chi connectivity index (χ0v) is 11.3. The molecule has 2 heterocycles. The minimum atomic E-state index is 0.441. The summed E-state index contributed by atoms with van der Waals surface area (Å²) >= 11 is 3.47. The Bertz CT molecular complexity index is 412. The maximum atomic E-state index is 11.7. The Balaban J connectivity index is 1.91. The second-order valence-electron chi connectivity index (χ2n) is 5.07. The van der Waals surface area contributed by atoms with Crippen LogP contribution in [0.4, 0.5) is 5.69 Å². The predicted molar refractivity (Wildman–Crippen MR) is 72.3 cm³/mol. The molecule has 3 rings (SSSR count). The predicted octanol–water partition coefficient (Wildman–Crippen LogP) is 3.54. The van der Waals surface area contributed by atoms with Gasteiger partial charge in [-0.05, 0) is 43.5 Å². The van der Waals surface area contributed by atoms with Gasteiger partial charge in [0.2, 0.25) is 0 Å². The fourth-order valence-corrected chi connectivity index (χ4v) is 3.47. The summed E-state index contributed by atoms with van der Waals surface area (Å²) in [5, 5.41) is 0. The number of fused-ring (bicyclic) bond motifs is 2. The zero-order chi connectivity index (χ0) is 11.8. The Morgan fingerprint density at radius 3 is 2.24 bits per heavy atom. The van der Waals surface area contributed by atoms with Crippen molar-refractivity contribution in [2.45, 2.75) is 44.2 Å². The van der Waals surface area contributed by atoms with E-state index in [1.807, 2.05) is 0 Å². The molecule has 3 heteroatoms. The molecule has 2 bridgehead atoms. The van der Waals surface area contributed by atoms with E-state index in [2.05, 4.69) is 45.1 Å². The van der Waals surface area contributed by atoms with Crippen LogP contribution in [0.25, 0.3) is 0 Å². The largest absolute Gasteiger partial charge is 0.365 e. The highest BCUT2D eigenvalue weighted by Gasteiger charge is 2.37. The van der Waals surface area contributed by atoms with Crippen molar-refractivity contribution < 1.29 is 4.79 Å². The van der Waals surface area contributed by atoms with Crippen LogP contribution in [-0.4, -0.2) is 17.9 Å². The van der Waals surface area contributed by atoms with Gasteiger partial charge in [0.05, 0.1) is 0 Å². The van der Waals surface area contributed by atoms with Crippen molar-refractivity contribution in [2.75, 3.05) is 4.90 Å². The molecule has 2 aliphatic rings. The highest BCUT2D eigenvalue weighted by molar-refractivity contribution is 9.10. The molecule has 2 fully saturated rings. The lowest BCUT2D eigenvalue weighted by Gasteiger charge is -2.47. The molecule has 0 N–H and O–H groups in total. The van der Waals surface area contributed by atoms with Gasteiger partial charge in [-0.2, -0.15) is 0 Å². The molecule has 0 radical (unpaired) electrons. The second-order valence-corrected chi connectivity index (χ2v) is 5.98. The van der Waals surface area contributed by atoms with Crippen LogP contribution in [0.2, 0.25) is 0 Å². The summed E-state index contributed by atoms with van der Waals surface area (Å²) in [7, 11) is 0. The van der Waals surface area contributed by atoms with E-state index in [1.165, 1.54) is 12.1 Å². The average molecular weight is 294 g/mol. The summed E-state index contributed by atoms with van der Waals surface area (Å²) in [6.45, 7) is 0. The van der Waals surface area contributed by atoms with Crippen molar-refractivity contribution in [2.24, 2.45) is 0 Å². The zero-order valence-electron chi connectivity index (χ0n) is 9.73. The third-order valence-electron chi connectivity index (χ3n) is 3.91. The maximum Gasteiger partial charge on any atom is 0.137 e. The number of rotatable bonds is 1. The molecule has 2 saturated heterocycles. The van der Waals surface area contributed by atoms with Gasteiger partial charge in [0, 0.05) is 35.1 Å². The number of hydrogen-bond acceptors (Lipinski definition) is 2. The monoisotopic (exact) mass is 293 g/mol. The van der Waals surface area contributed by atoms with Crippen LogP contribution in [-0.2, 0) is 4.79 Å². The summed E-state index contributed by atoms with van der Waals surface area (Å²) in [6, 6.07) is 9.37. The normalized spacial score (nSPS) is 28.3. The van der Waals surface area contributed by atoms with Gasteiger partial charge in [0.15, 0.2) is 0 Å². The molecule has 0 aromatic heterocycles. The lowest BCUT2D eigenvalue weighted by atomic mass is 9.83. The van der Waals surface area contributed by atoms with Crippen molar-refractivity contribution in [3.05, 3.63) is 28.7 Å². The first-order valence-electron chi connectivity index (χ1n) is 6.29. The van der Waals surface area contributed by atoms with Crippen LogP contribution in [0, 0.1) is 0 Å². The molecule has 2 nitrogen and oxygen atoms in total. The Morgan fingerprint density at radius 2 is 1.65 bits per heavy atom. The van der Waals surface area contributed by atoms with Gasteiger partial charge in [0.1, 0.15) is 5.78 Å². The number of piperidine rings is 2. The van der Waals surface area contributed by atoms with Gasteiger partial charge in [-0.25, -0.2) is 0 Å². The van der Waals surface area contributed by atoms with Gasteiger partial charge in [-0.3, -0.25) is 4.79 Å². The van der Waals surface area contributed by atoms with E-state index in [9.17, 15) is 4.79 Å². The number of carbonyl (C=O) groups excluding carboxylic acids is 1. The third kappa shape index (κ3) is 2.13. The van der Waals surface area contributed by atoms with Crippen molar-refractivity contribution in [3.63, 3.8) is 0 Å². The molecule has 0 unspecified atom stereocenters. The van der Waals surface area contributed by atoms with Crippen LogP contribution in [0.15, 0.2) is 28.7 Å². The van der Waals surface area contributed by atoms with Gasteiger partial charge >= 0.3 is 0 Å². The van der Waals surface area contributed by atoms with Crippen LogP contribution in [0.1, 0.15) is 32.1 Å². The maximum absolute atomic E-state index is 11.7. The molecule has 0 amide bonds. The van der Waals surface area contributed by atoms with Gasteiger partial charge < -0.3 is 4.90 Å². The molecule has 1 aromatic carbocycles. The summed E-state index contributed by atoms with van der Waals surface area (Å²) in [4.78, 5) is 14.2. The topological polar surface area (TPSA) is 20.3 Å². The van der Waals surface area contributed by atoms with Crippen LogP contribution >= 0.6 is 15.9 Å². The van der Waals surface area contributed by atoms with E-state index in [-0.39, 0.29) is 0 Å². The van der Waals surface area contributed by atoms with Crippen molar-refractivity contribution in [3.8, 4) is 0 Å². The fraction of sp³-hybridized carbons (Fsp3) is 0.500. The van der Waals surface area contributed by atoms with E-state index in [4.69, 9.17) is 0 Å². The molecular weight excluding hydrogens is 278 g/mol. The molecule has 0 aliphatic carbocycles. The van der Waals surface area contributed by atoms with E-state index in [0.717, 1.165) is 30.2 Å². The van der Waals surface area contributed by atoms with E-state index >= 15 is 0 Å². The van der Waals surface area contributed by atoms with Gasteiger partial charge in [-0.15, -0.1) is 0 Å². The lowest BCUT2D eigenvalue weighted by molar-refractivity contribution is -0.121. The number of carbonyl (C=O) groups is 1. The first kappa shape index (κ1) is 11.3. The smallest absolute Gasteiger partial charge is 0.137 e. The Morgan fingerprint density at radius 1 is 1.06 bits per heavy atom. The number of anilines is 1. The quantitative estimate of drug-likeness (QED) is 0.789. The second kappa shape index (κ2) is 4.45. The summed E-state index contributed by atoms with van der Waals surface area (Å²) < 4.78 is 1.11. The van der Waals surface area contributed by atoms with Gasteiger partial charge in [0.25, 0.3) is 0 Å². The lowest BCUT2D eigenvalue weighted by Crippen LogP contribution is -2.52. The number of nitrogens with zero attached hydrogens (tertiary/aromatic N) is 1. The Kier molecular flexibility index (Phi) is 2.95. The van der Waals surface area contributed by atoms with E-state index < -0.39 is 0 Å². The van der Waals surface area contributed by atoms with Gasteiger partial charge in [-0.1, -0.05) is 15.9 Å². The standard InChI is InChI=1S/C14H16BrNO/c15-10-4-6-11(7-5-10)16-12-2-1-3-13(16)9-14(17)8-12/h4-7,12-13H,1-3,8-9H2/t12-,13+. The SMILES string of the molecule is O=C1C[C@H]2CCC[C@@H](C1)N2c1ccc(Br)cc1. The Hall–Kier alpha value is -0.830. The van der Waals surface area contributed by atoms with E-state index in [0.29, 0.717) is 17.9 Å². The summed E-state index contributed by atoms with van der Waals surface area (Å²) in [5.74, 6) is 0.452. The number of halogens is 1. The molecule has 90 valence electrons. The van der Waals surface area contributed by atoms with Crippen molar-refractivity contribution in [1.29, 1.82) is 0 Å². The molecule has 2 aliphatic heterocycles. The molecule has 17 heavy (non-hydrogen) atoms. The number of hydrogen-bond donors (Lipinski definition) is 0. The van der Waals surface area contributed by atoms with Crippen molar-refractivity contribution in [1.82, 2.24) is 0 Å². The van der Waals surface area contributed by atoms with Crippen molar-refractivity contribution >= 4 is 27.4 Å². The molecular formula is C14H16BrNO.